The Morgan fingerprint density at radius 3 is 2.83 bits per heavy atom. The van der Waals surface area contributed by atoms with Crippen LogP contribution < -0.4 is 15.8 Å². The molecular weight excluding hydrogens is 320 g/mol. The lowest BCUT2D eigenvalue weighted by Gasteiger charge is -2.11. The van der Waals surface area contributed by atoms with Gasteiger partial charge in [-0.3, -0.25) is 4.79 Å². The Hall–Kier alpha value is -0.780. The Balaban J connectivity index is 0.00000289. The number of halogens is 2. The van der Waals surface area contributed by atoms with Gasteiger partial charge >= 0.3 is 0 Å². The van der Waals surface area contributed by atoms with E-state index in [9.17, 15) is 4.79 Å². The van der Waals surface area contributed by atoms with Crippen molar-refractivity contribution in [3.63, 3.8) is 0 Å². The number of anilines is 1. The van der Waals surface area contributed by atoms with Gasteiger partial charge in [-0.1, -0.05) is 15.9 Å². The van der Waals surface area contributed by atoms with E-state index in [2.05, 4.69) is 21.2 Å². The van der Waals surface area contributed by atoms with Crippen molar-refractivity contribution in [2.75, 3.05) is 18.5 Å². The summed E-state index contributed by atoms with van der Waals surface area (Å²) < 4.78 is 6.37. The molecule has 0 heterocycles. The first-order valence-corrected chi connectivity index (χ1v) is 6.39. The zero-order valence-electron chi connectivity index (χ0n) is 10.2. The standard InChI is InChI=1S/C12H17BrN2O2.ClH/c1-2-17-11-8-9(13)5-6-10(11)15-12(16)4-3-7-14;/h5-6,8H,2-4,7,14H2,1H3,(H,15,16);1H. The summed E-state index contributed by atoms with van der Waals surface area (Å²) in [6, 6.07) is 5.51. The molecule has 0 spiro atoms. The summed E-state index contributed by atoms with van der Waals surface area (Å²) in [7, 11) is 0. The van der Waals surface area contributed by atoms with Crippen LogP contribution in [-0.4, -0.2) is 19.1 Å². The van der Waals surface area contributed by atoms with Crippen LogP contribution in [0.2, 0.25) is 0 Å². The quantitative estimate of drug-likeness (QED) is 0.839. The molecule has 6 heteroatoms. The van der Waals surface area contributed by atoms with Crippen molar-refractivity contribution in [2.45, 2.75) is 19.8 Å². The van der Waals surface area contributed by atoms with Gasteiger partial charge in [-0.15, -0.1) is 12.4 Å². The molecule has 0 aliphatic heterocycles. The third kappa shape index (κ3) is 5.71. The first kappa shape index (κ1) is 17.2. The molecule has 0 saturated carbocycles. The number of carbonyl (C=O) groups is 1. The summed E-state index contributed by atoms with van der Waals surface area (Å²) in [6.07, 6.45) is 1.12. The summed E-state index contributed by atoms with van der Waals surface area (Å²) >= 11 is 3.37. The van der Waals surface area contributed by atoms with Crippen molar-refractivity contribution < 1.29 is 9.53 Å². The topological polar surface area (TPSA) is 64.3 Å². The lowest BCUT2D eigenvalue weighted by molar-refractivity contribution is -0.116. The van der Waals surface area contributed by atoms with Gasteiger partial charge in [-0.2, -0.15) is 0 Å². The molecule has 1 aromatic carbocycles. The largest absolute Gasteiger partial charge is 0.492 e. The summed E-state index contributed by atoms with van der Waals surface area (Å²) in [5.41, 5.74) is 6.05. The number of ether oxygens (including phenoxy) is 1. The number of amides is 1. The molecule has 0 aliphatic carbocycles. The second kappa shape index (κ2) is 9.19. The fourth-order valence-electron chi connectivity index (χ4n) is 1.35. The Morgan fingerprint density at radius 1 is 1.50 bits per heavy atom. The van der Waals surface area contributed by atoms with Crippen molar-refractivity contribution in [3.05, 3.63) is 22.7 Å². The SMILES string of the molecule is CCOc1cc(Br)ccc1NC(=O)CCCN.Cl. The maximum Gasteiger partial charge on any atom is 0.224 e. The third-order valence-corrected chi connectivity index (χ3v) is 2.62. The summed E-state index contributed by atoms with van der Waals surface area (Å²) in [4.78, 5) is 11.6. The lowest BCUT2D eigenvalue weighted by atomic mass is 10.2. The molecular formula is C12H18BrClN2O2. The zero-order chi connectivity index (χ0) is 12.7. The lowest BCUT2D eigenvalue weighted by Crippen LogP contribution is -2.14. The maximum absolute atomic E-state index is 11.6. The highest BCUT2D eigenvalue weighted by atomic mass is 79.9. The van der Waals surface area contributed by atoms with Gasteiger partial charge in [0, 0.05) is 10.9 Å². The van der Waals surface area contributed by atoms with Gasteiger partial charge in [-0.25, -0.2) is 0 Å². The van der Waals surface area contributed by atoms with Crippen molar-refractivity contribution in [1.29, 1.82) is 0 Å². The summed E-state index contributed by atoms with van der Waals surface area (Å²) in [5, 5.41) is 2.82. The first-order valence-electron chi connectivity index (χ1n) is 5.59. The van der Waals surface area contributed by atoms with Crippen LogP contribution >= 0.6 is 28.3 Å². The Bertz CT molecular complexity index is 388. The number of hydrogen-bond donors (Lipinski definition) is 2. The molecule has 0 atom stereocenters. The number of nitrogens with one attached hydrogen (secondary N) is 1. The molecule has 1 aromatic rings. The second-order valence-electron chi connectivity index (χ2n) is 3.51. The molecule has 1 rings (SSSR count). The van der Waals surface area contributed by atoms with Crippen LogP contribution in [0.25, 0.3) is 0 Å². The first-order chi connectivity index (χ1) is 8.17. The minimum atomic E-state index is -0.0428. The molecule has 4 nitrogen and oxygen atoms in total. The molecule has 1 amide bonds. The van der Waals surface area contributed by atoms with Crippen LogP contribution in [0.4, 0.5) is 5.69 Å². The van der Waals surface area contributed by atoms with Gasteiger partial charge in [0.25, 0.3) is 0 Å². The van der Waals surface area contributed by atoms with Gasteiger partial charge in [0.15, 0.2) is 0 Å². The second-order valence-corrected chi connectivity index (χ2v) is 4.43. The fourth-order valence-corrected chi connectivity index (χ4v) is 1.69. The third-order valence-electron chi connectivity index (χ3n) is 2.13. The molecule has 0 fully saturated rings. The van der Waals surface area contributed by atoms with Gasteiger partial charge in [0.05, 0.1) is 12.3 Å². The van der Waals surface area contributed by atoms with E-state index in [0.29, 0.717) is 37.4 Å². The molecule has 0 saturated heterocycles. The fraction of sp³-hybridized carbons (Fsp3) is 0.417. The average molecular weight is 338 g/mol. The van der Waals surface area contributed by atoms with E-state index >= 15 is 0 Å². The Kier molecular flexibility index (Phi) is 8.79. The van der Waals surface area contributed by atoms with Crippen LogP contribution in [0.15, 0.2) is 22.7 Å². The highest BCUT2D eigenvalue weighted by Gasteiger charge is 2.07. The van der Waals surface area contributed by atoms with E-state index in [1.807, 2.05) is 25.1 Å². The highest BCUT2D eigenvalue weighted by Crippen LogP contribution is 2.28. The van der Waals surface area contributed by atoms with Crippen molar-refractivity contribution in [2.24, 2.45) is 5.73 Å². The van der Waals surface area contributed by atoms with E-state index in [0.717, 1.165) is 4.47 Å². The van der Waals surface area contributed by atoms with Gasteiger partial charge in [0.2, 0.25) is 5.91 Å². The van der Waals surface area contributed by atoms with Crippen molar-refractivity contribution in [3.8, 4) is 5.75 Å². The monoisotopic (exact) mass is 336 g/mol. The number of benzene rings is 1. The van der Waals surface area contributed by atoms with Gasteiger partial charge < -0.3 is 15.8 Å². The van der Waals surface area contributed by atoms with E-state index < -0.39 is 0 Å². The number of nitrogens with two attached hydrogens (primary N) is 1. The van der Waals surface area contributed by atoms with E-state index in [1.54, 1.807) is 0 Å². The molecule has 0 bridgehead atoms. The molecule has 18 heavy (non-hydrogen) atoms. The average Bonchev–Trinajstić information content (AvgIpc) is 2.30. The van der Waals surface area contributed by atoms with Crippen LogP contribution in [0, 0.1) is 0 Å². The van der Waals surface area contributed by atoms with Crippen molar-refractivity contribution >= 4 is 39.9 Å². The maximum atomic E-state index is 11.6. The van der Waals surface area contributed by atoms with E-state index in [-0.39, 0.29) is 18.3 Å². The number of carbonyl (C=O) groups excluding carboxylic acids is 1. The smallest absolute Gasteiger partial charge is 0.224 e. The molecule has 0 aromatic heterocycles. The minimum absolute atomic E-state index is 0. The number of rotatable bonds is 6. The van der Waals surface area contributed by atoms with Gasteiger partial charge in [-0.05, 0) is 38.1 Å². The van der Waals surface area contributed by atoms with Crippen molar-refractivity contribution in [1.82, 2.24) is 0 Å². The summed E-state index contributed by atoms with van der Waals surface area (Å²) in [6.45, 7) is 2.98. The molecule has 0 radical (unpaired) electrons. The molecule has 0 unspecified atom stereocenters. The van der Waals surface area contributed by atoms with Crippen LogP contribution in [-0.2, 0) is 4.79 Å². The van der Waals surface area contributed by atoms with Crippen LogP contribution in [0.1, 0.15) is 19.8 Å². The predicted octanol–water partition coefficient (Wildman–Crippen LogP) is 2.95. The van der Waals surface area contributed by atoms with E-state index in [4.69, 9.17) is 10.5 Å². The molecule has 0 aliphatic rings. The normalized spacial score (nSPS) is 9.50. The summed E-state index contributed by atoms with van der Waals surface area (Å²) in [5.74, 6) is 0.627. The Morgan fingerprint density at radius 2 is 2.22 bits per heavy atom. The zero-order valence-corrected chi connectivity index (χ0v) is 12.6. The number of hydrogen-bond acceptors (Lipinski definition) is 3. The van der Waals surface area contributed by atoms with Crippen LogP contribution in [0.3, 0.4) is 0 Å². The Labute approximate surface area is 122 Å². The molecule has 3 N–H and O–H groups in total. The predicted molar refractivity (Wildman–Crippen MR) is 79.5 cm³/mol. The molecule has 102 valence electrons. The minimum Gasteiger partial charge on any atom is -0.492 e. The van der Waals surface area contributed by atoms with Crippen LogP contribution in [0.5, 0.6) is 5.75 Å². The van der Waals surface area contributed by atoms with E-state index in [1.165, 1.54) is 0 Å². The highest BCUT2D eigenvalue weighted by molar-refractivity contribution is 9.10. The van der Waals surface area contributed by atoms with Gasteiger partial charge in [0.1, 0.15) is 5.75 Å².